The Morgan fingerprint density at radius 2 is 1.88 bits per heavy atom. The molecule has 2 rings (SSSR count). The molecule has 0 aliphatic heterocycles. The van der Waals surface area contributed by atoms with Gasteiger partial charge in [-0.25, -0.2) is 23.1 Å². The molecule has 9 heteroatoms. The molecule has 1 amide bonds. The van der Waals surface area contributed by atoms with Crippen LogP contribution in [0, 0.1) is 17.5 Å². The molecule has 0 unspecified atom stereocenters. The third-order valence-corrected chi connectivity index (χ3v) is 3.01. The summed E-state index contributed by atoms with van der Waals surface area (Å²) in [7, 11) is 1.60. The summed E-state index contributed by atoms with van der Waals surface area (Å²) in [5.74, 6) is -4.88. The van der Waals surface area contributed by atoms with Gasteiger partial charge in [-0.2, -0.15) is 0 Å². The van der Waals surface area contributed by atoms with E-state index in [9.17, 15) is 18.0 Å². The van der Waals surface area contributed by atoms with E-state index < -0.39 is 29.0 Å². The third-order valence-electron chi connectivity index (χ3n) is 3.01. The standard InChI is InChI=1S/C15H15F3N4O2/c1-24-6-2-5-19-15-20-7-9(8-21-15)14(23)22-11-4-3-10(16)12(17)13(11)18/h3-4,7-8H,2,5-6H2,1H3,(H,22,23)(H,19,20,21). The molecule has 0 bridgehead atoms. The molecule has 0 radical (unpaired) electrons. The molecule has 0 saturated carbocycles. The predicted molar refractivity (Wildman–Crippen MR) is 81.3 cm³/mol. The van der Waals surface area contributed by atoms with Crippen LogP contribution in [0.4, 0.5) is 24.8 Å². The lowest BCUT2D eigenvalue weighted by Crippen LogP contribution is -2.15. The first-order chi connectivity index (χ1) is 11.5. The molecule has 0 fully saturated rings. The molecule has 24 heavy (non-hydrogen) atoms. The van der Waals surface area contributed by atoms with Gasteiger partial charge in [0, 0.05) is 32.7 Å². The molecule has 0 aliphatic rings. The summed E-state index contributed by atoms with van der Waals surface area (Å²) in [6.45, 7) is 1.19. The summed E-state index contributed by atoms with van der Waals surface area (Å²) in [6.07, 6.45) is 3.23. The number of aromatic nitrogens is 2. The Labute approximate surface area is 136 Å². The van der Waals surface area contributed by atoms with Gasteiger partial charge in [-0.3, -0.25) is 4.79 Å². The smallest absolute Gasteiger partial charge is 0.258 e. The van der Waals surface area contributed by atoms with Gasteiger partial charge in [0.2, 0.25) is 5.95 Å². The van der Waals surface area contributed by atoms with Crippen LogP contribution in [-0.2, 0) is 4.74 Å². The van der Waals surface area contributed by atoms with Crippen molar-refractivity contribution in [2.75, 3.05) is 30.9 Å². The number of halogens is 3. The zero-order chi connectivity index (χ0) is 17.5. The minimum atomic E-state index is -1.65. The van der Waals surface area contributed by atoms with Gasteiger partial charge in [-0.1, -0.05) is 0 Å². The Bertz CT molecular complexity index is 711. The van der Waals surface area contributed by atoms with Crippen molar-refractivity contribution in [1.82, 2.24) is 9.97 Å². The van der Waals surface area contributed by atoms with E-state index in [1.807, 2.05) is 0 Å². The van der Waals surface area contributed by atoms with E-state index in [0.29, 0.717) is 19.1 Å². The SMILES string of the molecule is COCCCNc1ncc(C(=O)Nc2ccc(F)c(F)c2F)cn1. The average molecular weight is 340 g/mol. The fraction of sp³-hybridized carbons (Fsp3) is 0.267. The van der Waals surface area contributed by atoms with Crippen LogP contribution in [0.15, 0.2) is 24.5 Å². The molecule has 1 aromatic heterocycles. The Kier molecular flexibility index (Phi) is 6.07. The largest absolute Gasteiger partial charge is 0.385 e. The van der Waals surface area contributed by atoms with Gasteiger partial charge >= 0.3 is 0 Å². The highest BCUT2D eigenvalue weighted by molar-refractivity contribution is 6.03. The van der Waals surface area contributed by atoms with Crippen LogP contribution in [0.25, 0.3) is 0 Å². The monoisotopic (exact) mass is 340 g/mol. The quantitative estimate of drug-likeness (QED) is 0.598. The Morgan fingerprint density at radius 1 is 1.17 bits per heavy atom. The highest BCUT2D eigenvalue weighted by Crippen LogP contribution is 2.20. The van der Waals surface area contributed by atoms with Gasteiger partial charge in [-0.05, 0) is 18.6 Å². The highest BCUT2D eigenvalue weighted by atomic mass is 19.2. The van der Waals surface area contributed by atoms with Crippen LogP contribution >= 0.6 is 0 Å². The van der Waals surface area contributed by atoms with Crippen LogP contribution in [0.3, 0.4) is 0 Å². The van der Waals surface area contributed by atoms with E-state index in [2.05, 4.69) is 20.6 Å². The normalized spacial score (nSPS) is 10.5. The minimum absolute atomic E-state index is 0.0431. The van der Waals surface area contributed by atoms with Crippen molar-refractivity contribution in [2.45, 2.75) is 6.42 Å². The second-order valence-corrected chi connectivity index (χ2v) is 4.75. The maximum absolute atomic E-state index is 13.5. The van der Waals surface area contributed by atoms with E-state index in [0.717, 1.165) is 18.6 Å². The zero-order valence-corrected chi connectivity index (χ0v) is 12.8. The number of carbonyl (C=O) groups is 1. The third kappa shape index (κ3) is 4.42. The molecule has 0 spiro atoms. The number of ether oxygens (including phenoxy) is 1. The number of benzene rings is 1. The van der Waals surface area contributed by atoms with Gasteiger partial charge in [0.05, 0.1) is 11.3 Å². The molecular weight excluding hydrogens is 325 g/mol. The minimum Gasteiger partial charge on any atom is -0.385 e. The van der Waals surface area contributed by atoms with Gasteiger partial charge in [-0.15, -0.1) is 0 Å². The molecule has 0 atom stereocenters. The summed E-state index contributed by atoms with van der Waals surface area (Å²) in [5, 5.41) is 5.07. The topological polar surface area (TPSA) is 76.1 Å². The summed E-state index contributed by atoms with van der Waals surface area (Å²) in [5.41, 5.74) is -0.428. The number of anilines is 2. The van der Waals surface area contributed by atoms with Gasteiger partial charge in [0.15, 0.2) is 17.5 Å². The van der Waals surface area contributed by atoms with Crippen LogP contribution in [0.5, 0.6) is 0 Å². The van der Waals surface area contributed by atoms with Crippen molar-refractivity contribution in [2.24, 2.45) is 0 Å². The Balaban J connectivity index is 1.99. The summed E-state index contributed by atoms with van der Waals surface area (Å²) in [6, 6.07) is 1.65. The summed E-state index contributed by atoms with van der Waals surface area (Å²) < 4.78 is 44.4. The van der Waals surface area contributed by atoms with Crippen LogP contribution in [-0.4, -0.2) is 36.1 Å². The number of carbonyl (C=O) groups excluding carboxylic acids is 1. The van der Waals surface area contributed by atoms with Crippen LogP contribution in [0.2, 0.25) is 0 Å². The Morgan fingerprint density at radius 3 is 2.54 bits per heavy atom. The molecule has 0 saturated heterocycles. The molecule has 128 valence electrons. The van der Waals surface area contributed by atoms with Crippen LogP contribution < -0.4 is 10.6 Å². The number of nitrogens with one attached hydrogen (secondary N) is 2. The van der Waals surface area contributed by atoms with Crippen molar-refractivity contribution in [3.8, 4) is 0 Å². The molecule has 2 aromatic rings. The summed E-state index contributed by atoms with van der Waals surface area (Å²) in [4.78, 5) is 19.8. The molecule has 1 aromatic carbocycles. The molecule has 1 heterocycles. The fourth-order valence-corrected chi connectivity index (χ4v) is 1.77. The average Bonchev–Trinajstić information content (AvgIpc) is 2.59. The van der Waals surface area contributed by atoms with E-state index in [1.165, 1.54) is 12.4 Å². The van der Waals surface area contributed by atoms with E-state index in [4.69, 9.17) is 4.74 Å². The first-order valence-corrected chi connectivity index (χ1v) is 7.02. The molecular formula is C15H15F3N4O2. The van der Waals surface area contributed by atoms with E-state index >= 15 is 0 Å². The molecule has 6 nitrogen and oxygen atoms in total. The van der Waals surface area contributed by atoms with Gasteiger partial charge in [0.25, 0.3) is 5.91 Å². The molecule has 2 N–H and O–H groups in total. The van der Waals surface area contributed by atoms with Crippen molar-refractivity contribution in [3.63, 3.8) is 0 Å². The second-order valence-electron chi connectivity index (χ2n) is 4.75. The number of nitrogens with zero attached hydrogens (tertiary/aromatic N) is 2. The predicted octanol–water partition coefficient (Wildman–Crippen LogP) is 2.59. The van der Waals surface area contributed by atoms with Crippen molar-refractivity contribution in [1.29, 1.82) is 0 Å². The first kappa shape index (κ1) is 17.7. The van der Waals surface area contributed by atoms with Gasteiger partial charge in [0.1, 0.15) is 0 Å². The maximum Gasteiger partial charge on any atom is 0.258 e. The number of hydrogen-bond donors (Lipinski definition) is 2. The van der Waals surface area contributed by atoms with Crippen molar-refractivity contribution < 1.29 is 22.7 Å². The summed E-state index contributed by atoms with van der Waals surface area (Å²) >= 11 is 0. The Hall–Kier alpha value is -2.68. The lowest BCUT2D eigenvalue weighted by molar-refractivity contribution is 0.102. The fourth-order valence-electron chi connectivity index (χ4n) is 1.77. The van der Waals surface area contributed by atoms with Gasteiger partial charge < -0.3 is 15.4 Å². The van der Waals surface area contributed by atoms with Crippen molar-refractivity contribution in [3.05, 3.63) is 47.5 Å². The lowest BCUT2D eigenvalue weighted by atomic mass is 10.2. The highest BCUT2D eigenvalue weighted by Gasteiger charge is 2.16. The second kappa shape index (κ2) is 8.25. The first-order valence-electron chi connectivity index (χ1n) is 7.02. The number of amides is 1. The number of rotatable bonds is 7. The lowest BCUT2D eigenvalue weighted by Gasteiger charge is -2.08. The van der Waals surface area contributed by atoms with Crippen molar-refractivity contribution >= 4 is 17.5 Å². The zero-order valence-electron chi connectivity index (χ0n) is 12.8. The number of methoxy groups -OCH3 is 1. The van der Waals surface area contributed by atoms with E-state index in [1.54, 1.807) is 7.11 Å². The molecule has 0 aliphatic carbocycles. The van der Waals surface area contributed by atoms with E-state index in [-0.39, 0.29) is 5.56 Å². The van der Waals surface area contributed by atoms with Crippen LogP contribution in [0.1, 0.15) is 16.8 Å². The maximum atomic E-state index is 13.5. The number of hydrogen-bond acceptors (Lipinski definition) is 5.